The van der Waals surface area contributed by atoms with Crippen LogP contribution in [0.1, 0.15) is 0 Å². The number of rotatable bonds is 0. The molecule has 0 saturated heterocycles. The van der Waals surface area contributed by atoms with Gasteiger partial charge in [0.1, 0.15) is 0 Å². The van der Waals surface area contributed by atoms with E-state index >= 15 is 0 Å². The number of carbonyl (C=O) groups is 1. The Morgan fingerprint density at radius 2 is 2.00 bits per heavy atom. The van der Waals surface area contributed by atoms with E-state index in [4.69, 9.17) is 9.90 Å². The van der Waals surface area contributed by atoms with E-state index in [-0.39, 0.29) is 16.5 Å². The molecule has 0 aromatic carbocycles. The van der Waals surface area contributed by atoms with E-state index in [1.807, 2.05) is 0 Å². The van der Waals surface area contributed by atoms with Crippen LogP contribution < -0.4 is 0 Å². The summed E-state index contributed by atoms with van der Waals surface area (Å²) in [5.41, 5.74) is 0. The van der Waals surface area contributed by atoms with Crippen molar-refractivity contribution in [1.29, 1.82) is 0 Å². The molecule has 3 heteroatoms. The van der Waals surface area contributed by atoms with Gasteiger partial charge in [-0.1, -0.05) is 0 Å². The molecule has 0 bridgehead atoms. The fourth-order valence-electron chi connectivity index (χ4n) is 0. The molecule has 0 aromatic heterocycles. The molecule has 2 nitrogen and oxygen atoms in total. The van der Waals surface area contributed by atoms with Gasteiger partial charge in [-0.15, -0.1) is 0 Å². The molecule has 0 atom stereocenters. The molecule has 0 rings (SSSR count). The fourth-order valence-corrected chi connectivity index (χ4v) is 0. The molecule has 0 unspecified atom stereocenters. The van der Waals surface area contributed by atoms with Crippen molar-refractivity contribution < 1.29 is 9.90 Å². The maximum atomic E-state index is 9.08. The molecular formula is CH4GeO2. The summed E-state index contributed by atoms with van der Waals surface area (Å²) in [5.74, 6) is 0. The Kier molecular flexibility index (Phi) is 1.35. The molecule has 0 radical (unpaired) electrons. The van der Waals surface area contributed by atoms with Gasteiger partial charge in [0.05, 0.1) is 0 Å². The van der Waals surface area contributed by atoms with Crippen molar-refractivity contribution in [2.45, 2.75) is 0 Å². The van der Waals surface area contributed by atoms with Crippen molar-refractivity contribution in [1.82, 2.24) is 0 Å². The van der Waals surface area contributed by atoms with E-state index in [1.165, 1.54) is 0 Å². The zero-order valence-electron chi connectivity index (χ0n) is 2.36. The zero-order valence-corrected chi connectivity index (χ0v) is 6.55. The average molecular weight is 121 g/mol. The molecule has 0 aliphatic rings. The van der Waals surface area contributed by atoms with Crippen LogP contribution in [0.3, 0.4) is 0 Å². The summed E-state index contributed by atoms with van der Waals surface area (Å²) in [5, 5.41) is 7.50. The second-order valence-corrected chi connectivity index (χ2v) is 2.31. The SMILES string of the molecule is O=[C](O)[GeH3]. The van der Waals surface area contributed by atoms with Crippen LogP contribution in [0.5, 0.6) is 0 Å². The zero-order chi connectivity index (χ0) is 3.58. The summed E-state index contributed by atoms with van der Waals surface area (Å²) in [6.07, 6.45) is 0. The summed E-state index contributed by atoms with van der Waals surface area (Å²) in [6, 6.07) is 0. The Balaban J connectivity index is 2.80. The van der Waals surface area contributed by atoms with E-state index in [1.54, 1.807) is 0 Å². The molecule has 4 heavy (non-hydrogen) atoms. The summed E-state index contributed by atoms with van der Waals surface area (Å²) >= 11 is -0.0208. The van der Waals surface area contributed by atoms with Crippen LogP contribution >= 0.6 is 0 Å². The van der Waals surface area contributed by atoms with Crippen LogP contribution in [0, 0.1) is 0 Å². The van der Waals surface area contributed by atoms with Gasteiger partial charge in [0.15, 0.2) is 0 Å². The van der Waals surface area contributed by atoms with Gasteiger partial charge in [0.25, 0.3) is 0 Å². The van der Waals surface area contributed by atoms with E-state index in [0.29, 0.717) is 0 Å². The van der Waals surface area contributed by atoms with E-state index in [2.05, 4.69) is 0 Å². The van der Waals surface area contributed by atoms with Crippen LogP contribution in [-0.4, -0.2) is 26.4 Å². The minimum absolute atomic E-state index is 0.0208. The van der Waals surface area contributed by atoms with E-state index in [9.17, 15) is 0 Å². The first-order valence-corrected chi connectivity index (χ1v) is 3.03. The van der Waals surface area contributed by atoms with Crippen LogP contribution in [0.25, 0.3) is 0 Å². The molecule has 1 N–H and O–H groups in total. The Morgan fingerprint density at radius 1 is 2.00 bits per heavy atom. The summed E-state index contributed by atoms with van der Waals surface area (Å²) in [7, 11) is 0. The van der Waals surface area contributed by atoms with Crippen LogP contribution in [0.4, 0.5) is 4.79 Å². The first kappa shape index (κ1) is 4.01. The molecule has 0 aliphatic heterocycles. The van der Waals surface area contributed by atoms with Gasteiger partial charge in [-0.3, -0.25) is 0 Å². The van der Waals surface area contributed by atoms with Gasteiger partial charge in [-0.05, 0) is 0 Å². The van der Waals surface area contributed by atoms with Gasteiger partial charge in [-0.25, -0.2) is 0 Å². The monoisotopic (exact) mass is 122 g/mol. The van der Waals surface area contributed by atoms with Gasteiger partial charge >= 0.3 is 31.2 Å². The minimum atomic E-state index is -0.646. The van der Waals surface area contributed by atoms with Gasteiger partial charge in [-0.2, -0.15) is 0 Å². The van der Waals surface area contributed by atoms with Gasteiger partial charge in [0.2, 0.25) is 0 Å². The molecule has 0 spiro atoms. The summed E-state index contributed by atoms with van der Waals surface area (Å²) in [4.78, 5) is 8.44. The third-order valence-electron chi connectivity index (χ3n) is 0. The molecule has 24 valence electrons. The Labute approximate surface area is 32.0 Å². The van der Waals surface area contributed by atoms with Crippen LogP contribution in [-0.2, 0) is 0 Å². The van der Waals surface area contributed by atoms with Crippen LogP contribution in [0.15, 0.2) is 0 Å². The summed E-state index contributed by atoms with van der Waals surface area (Å²) in [6.45, 7) is 0. The molecule has 0 heterocycles. The predicted octanol–water partition coefficient (Wildman–Crippen LogP) is -0.970. The molecule has 0 aliphatic carbocycles. The normalized spacial score (nSPS) is 7.00. The quantitative estimate of drug-likeness (QED) is 0.418. The molecule has 0 saturated carbocycles. The Morgan fingerprint density at radius 3 is 2.00 bits per heavy atom. The molecular weight excluding hydrogens is 117 g/mol. The molecule has 0 amide bonds. The van der Waals surface area contributed by atoms with Crippen molar-refractivity contribution in [3.63, 3.8) is 0 Å². The van der Waals surface area contributed by atoms with Crippen molar-refractivity contribution in [2.75, 3.05) is 0 Å². The Bertz CT molecular complexity index is 29.0. The van der Waals surface area contributed by atoms with Gasteiger partial charge in [0, 0.05) is 0 Å². The predicted molar refractivity (Wildman–Crippen MR) is 18.0 cm³/mol. The number of carboxylic acid groups (broad SMARTS) is 1. The average Bonchev–Trinajstić information content (AvgIpc) is 0.811. The molecule has 0 aromatic rings. The van der Waals surface area contributed by atoms with E-state index in [0.717, 1.165) is 0 Å². The topological polar surface area (TPSA) is 37.3 Å². The van der Waals surface area contributed by atoms with Crippen molar-refractivity contribution >= 4 is 21.3 Å². The van der Waals surface area contributed by atoms with E-state index < -0.39 is 4.80 Å². The first-order chi connectivity index (χ1) is 1.73. The maximum absolute atomic E-state index is 9.08. The molecule has 0 fully saturated rings. The number of hydrogen-bond acceptors (Lipinski definition) is 1. The van der Waals surface area contributed by atoms with Crippen molar-refractivity contribution in [3.05, 3.63) is 0 Å². The van der Waals surface area contributed by atoms with Crippen LogP contribution in [0.2, 0.25) is 0 Å². The van der Waals surface area contributed by atoms with Gasteiger partial charge < -0.3 is 0 Å². The third kappa shape index (κ3) is 12500. The number of hydrogen-bond donors (Lipinski definition) is 1. The first-order valence-electron chi connectivity index (χ1n) is 0.928. The Hall–Kier alpha value is 0.0129. The van der Waals surface area contributed by atoms with Crippen molar-refractivity contribution in [3.8, 4) is 0 Å². The second-order valence-electron chi connectivity index (χ2n) is 0.519. The standard InChI is InChI=1S/CH4GeO2/c2-1(3)4/h2H3,(H,3,4). The second kappa shape index (κ2) is 1.34. The van der Waals surface area contributed by atoms with Crippen molar-refractivity contribution in [2.24, 2.45) is 0 Å². The fraction of sp³-hybridized carbons (Fsp3) is 0. The summed E-state index contributed by atoms with van der Waals surface area (Å²) < 4.78 is 0. The third-order valence-corrected chi connectivity index (χ3v) is 0.